The Morgan fingerprint density at radius 3 is 1.46 bits per heavy atom. The average molecular weight is 679 g/mol. The largest absolute Gasteiger partial charge is 0.314 e. The first kappa shape index (κ1) is 32.1. The van der Waals surface area contributed by atoms with Crippen molar-refractivity contribution in [3.8, 4) is 0 Å². The predicted octanol–water partition coefficient (Wildman–Crippen LogP) is 7.17. The van der Waals surface area contributed by atoms with Crippen LogP contribution in [-0.4, -0.2) is 69.2 Å². The lowest BCUT2D eigenvalue weighted by Gasteiger charge is -2.67. The van der Waals surface area contributed by atoms with Gasteiger partial charge in [-0.3, -0.25) is 0 Å². The number of hydrogen-bond acceptors (Lipinski definition) is 4. The summed E-state index contributed by atoms with van der Waals surface area (Å²) in [6.07, 6.45) is 22.0. The highest BCUT2D eigenvalue weighted by Crippen LogP contribution is 2.79. The second-order valence-electron chi connectivity index (χ2n) is 19.1. The Labute approximate surface area is 284 Å². The molecular weight excluding hydrogens is 614 g/mol. The summed E-state index contributed by atoms with van der Waals surface area (Å²) < 4.78 is 0. The molecule has 2 aliphatic heterocycles. The van der Waals surface area contributed by atoms with Gasteiger partial charge in [-0.15, -0.1) is 0 Å². The van der Waals surface area contributed by atoms with Crippen molar-refractivity contribution in [2.75, 3.05) is 39.3 Å². The highest BCUT2D eigenvalue weighted by atomic mass is 31.1. The number of piperazine rings is 2. The van der Waals surface area contributed by atoms with Gasteiger partial charge in [-0.05, 0) is 146 Å². The van der Waals surface area contributed by atoms with Crippen molar-refractivity contribution in [2.45, 2.75) is 131 Å². The summed E-state index contributed by atoms with van der Waals surface area (Å²) in [5.74, 6) is 7.64. The van der Waals surface area contributed by atoms with E-state index in [1.165, 1.54) is 12.3 Å². The van der Waals surface area contributed by atoms with Gasteiger partial charge in [-0.25, -0.2) is 0 Å². The summed E-state index contributed by atoms with van der Waals surface area (Å²) in [7, 11) is -1.69. The van der Waals surface area contributed by atoms with E-state index < -0.39 is 8.07 Å². The molecule has 11 rings (SSSR count). The maximum absolute atomic E-state index is 4.03. The maximum Gasteiger partial charge on any atom is 0.0776 e. The average Bonchev–Trinajstić information content (AvgIpc) is 3.02. The van der Waals surface area contributed by atoms with Crippen LogP contribution in [-0.2, 0) is 12.3 Å². The number of rotatable bonds is 9. The number of nitrogens with one attached hydrogen (secondary N) is 4. The molecule has 0 amide bonds. The molecule has 10 aliphatic rings. The first-order valence-electron chi connectivity index (χ1n) is 19.8. The van der Waals surface area contributed by atoms with Gasteiger partial charge in [0.05, 0.1) is 8.07 Å². The zero-order valence-electron chi connectivity index (χ0n) is 29.4. The van der Waals surface area contributed by atoms with Crippen LogP contribution in [0.3, 0.4) is 0 Å². The lowest BCUT2D eigenvalue weighted by atomic mass is 9.55. The summed E-state index contributed by atoms with van der Waals surface area (Å²) in [4.78, 5) is 0. The Hall–Kier alpha value is 0.137. The van der Waals surface area contributed by atoms with E-state index in [0.717, 1.165) is 74.8 Å². The summed E-state index contributed by atoms with van der Waals surface area (Å²) >= 11 is 0. The zero-order valence-corrected chi connectivity index (χ0v) is 32.2. The summed E-state index contributed by atoms with van der Waals surface area (Å²) in [6.45, 7) is 14.5. The van der Waals surface area contributed by atoms with Gasteiger partial charge >= 0.3 is 0 Å². The Morgan fingerprint density at radius 1 is 0.609 bits per heavy atom. The van der Waals surface area contributed by atoms with Gasteiger partial charge < -0.3 is 21.3 Å². The lowest BCUT2D eigenvalue weighted by molar-refractivity contribution is 0.0184. The van der Waals surface area contributed by atoms with E-state index in [1.54, 1.807) is 87.8 Å². The fraction of sp³-hybridized carbons (Fsp3) is 0.846. The molecule has 2 atom stereocenters. The number of benzene rings is 1. The molecular formula is C39H64N4P2Si. The van der Waals surface area contributed by atoms with E-state index in [-0.39, 0.29) is 15.8 Å². The molecule has 8 saturated carbocycles. The van der Waals surface area contributed by atoms with E-state index in [4.69, 9.17) is 0 Å². The van der Waals surface area contributed by atoms with Crippen LogP contribution >= 0.6 is 15.8 Å². The first-order valence-corrected chi connectivity index (χ1v) is 26.5. The third-order valence-electron chi connectivity index (χ3n) is 14.8. The minimum Gasteiger partial charge on any atom is -0.314 e. The number of hydrogen-bond donors (Lipinski definition) is 4. The topological polar surface area (TPSA) is 48.1 Å². The summed E-state index contributed by atoms with van der Waals surface area (Å²) in [5.41, 5.74) is 3.60. The van der Waals surface area contributed by atoms with Gasteiger partial charge in [-0.1, -0.05) is 58.9 Å². The minimum atomic E-state index is -1.42. The van der Waals surface area contributed by atoms with Gasteiger partial charge in [0.25, 0.3) is 0 Å². The summed E-state index contributed by atoms with van der Waals surface area (Å²) in [5, 5.41) is 18.7. The SMILES string of the molecule is C[Si](C)(C)c1ccc(CP(C23CC4CC(CC(C4)C2)C3)C23CC4CC(CC(C4)C2)C3)c(CP(C2CNCCN2)C2CNCCN2)c1. The molecule has 4 nitrogen and oxygen atoms in total. The zero-order chi connectivity index (χ0) is 31.1. The van der Waals surface area contributed by atoms with Crippen LogP contribution in [0.2, 0.25) is 19.6 Å². The van der Waals surface area contributed by atoms with Gasteiger partial charge in [0.15, 0.2) is 0 Å². The Balaban J connectivity index is 1.11. The summed E-state index contributed by atoms with van der Waals surface area (Å²) in [6, 6.07) is 8.18. The molecule has 10 fully saturated rings. The van der Waals surface area contributed by atoms with Crippen LogP contribution in [0.25, 0.3) is 0 Å². The molecule has 1 aromatic rings. The predicted molar refractivity (Wildman–Crippen MR) is 202 cm³/mol. The molecule has 0 aromatic heterocycles. The molecule has 1 aromatic carbocycles. The van der Waals surface area contributed by atoms with E-state index in [1.807, 2.05) is 5.56 Å². The smallest absolute Gasteiger partial charge is 0.0776 e. The maximum atomic E-state index is 4.03. The highest BCUT2D eigenvalue weighted by Gasteiger charge is 2.62. The van der Waals surface area contributed by atoms with Crippen molar-refractivity contribution in [3.63, 3.8) is 0 Å². The van der Waals surface area contributed by atoms with Crippen molar-refractivity contribution in [3.05, 3.63) is 29.3 Å². The molecule has 8 aliphatic carbocycles. The Bertz CT molecular complexity index is 1130. The van der Waals surface area contributed by atoms with Crippen LogP contribution in [0.4, 0.5) is 0 Å². The minimum absolute atomic E-state index is 0.0304. The van der Waals surface area contributed by atoms with Gasteiger partial charge in [-0.2, -0.15) is 0 Å². The van der Waals surface area contributed by atoms with Crippen LogP contribution in [0, 0.1) is 35.5 Å². The van der Waals surface area contributed by atoms with Gasteiger partial charge in [0, 0.05) is 50.8 Å². The van der Waals surface area contributed by atoms with Crippen molar-refractivity contribution in [1.29, 1.82) is 0 Å². The fourth-order valence-corrected chi connectivity index (χ4v) is 23.0. The third-order valence-corrected chi connectivity index (χ3v) is 23.9. The van der Waals surface area contributed by atoms with Crippen molar-refractivity contribution >= 4 is 29.1 Å². The van der Waals surface area contributed by atoms with Crippen LogP contribution in [0.5, 0.6) is 0 Å². The Kier molecular flexibility index (Phi) is 8.66. The molecule has 2 saturated heterocycles. The van der Waals surface area contributed by atoms with Gasteiger partial charge in [0.1, 0.15) is 0 Å². The van der Waals surface area contributed by atoms with E-state index in [2.05, 4.69) is 59.1 Å². The Morgan fingerprint density at radius 2 is 1.07 bits per heavy atom. The lowest BCUT2D eigenvalue weighted by Crippen LogP contribution is -2.56. The second kappa shape index (κ2) is 12.4. The van der Waals surface area contributed by atoms with Crippen molar-refractivity contribution in [1.82, 2.24) is 21.3 Å². The molecule has 0 radical (unpaired) electrons. The fourth-order valence-electron chi connectivity index (χ4n) is 13.6. The molecule has 2 heterocycles. The van der Waals surface area contributed by atoms with E-state index in [9.17, 15) is 0 Å². The monoisotopic (exact) mass is 678 g/mol. The van der Waals surface area contributed by atoms with Gasteiger partial charge in [0.2, 0.25) is 0 Å². The van der Waals surface area contributed by atoms with E-state index >= 15 is 0 Å². The first-order chi connectivity index (χ1) is 22.2. The molecule has 7 heteroatoms. The van der Waals surface area contributed by atoms with Crippen LogP contribution in [0.1, 0.15) is 88.2 Å². The molecule has 4 N–H and O–H groups in total. The van der Waals surface area contributed by atoms with Crippen molar-refractivity contribution in [2.24, 2.45) is 35.5 Å². The van der Waals surface area contributed by atoms with Crippen LogP contribution < -0.4 is 26.5 Å². The molecule has 254 valence electrons. The highest BCUT2D eigenvalue weighted by molar-refractivity contribution is 7.60. The second-order valence-corrected chi connectivity index (χ2v) is 29.9. The van der Waals surface area contributed by atoms with Crippen molar-refractivity contribution < 1.29 is 0 Å². The van der Waals surface area contributed by atoms with Crippen LogP contribution in [0.15, 0.2) is 18.2 Å². The molecule has 8 bridgehead atoms. The molecule has 46 heavy (non-hydrogen) atoms. The van der Waals surface area contributed by atoms with E-state index in [0.29, 0.717) is 21.9 Å². The quantitative estimate of drug-likeness (QED) is 0.165. The molecule has 0 spiro atoms. The third kappa shape index (κ3) is 5.99. The molecule has 2 unspecified atom stereocenters. The standard InChI is InChI=1S/C39H64N4P2Si/c1-46(2,3)35-5-4-33(34(16-35)25-44(36-23-40-6-8-42-36)37-24-41-7-9-43-37)26-45(38-17-27-10-28(18-38)12-29(11-27)19-38)39-20-30-13-31(21-39)15-32(14-30)22-39/h4-5,16,27-32,36-37,40-43H,6-15,17-26H2,1-3H3. The normalized spacial score (nSPS) is 44.4.